The Morgan fingerprint density at radius 3 is 2.32 bits per heavy atom. The molecule has 2 aromatic rings. The van der Waals surface area contributed by atoms with Crippen LogP contribution in [0.2, 0.25) is 0 Å². The standard InChI is InChI=1S/C22H30FN3O2/c1-15-7-9-18(10-8-15)14-24-11-5-4-6-20(22(27)26-28)25-19-12-16(2)21(23)17(3)13-19/h7-10,12-13,20,24-25,28H,4-6,11,14H2,1-3H3,(H,26,27)/t20-/m1/s1. The predicted octanol–water partition coefficient (Wildman–Crippen LogP) is 4.00. The summed E-state index contributed by atoms with van der Waals surface area (Å²) in [6.45, 7) is 7.10. The maximum atomic E-state index is 13.8. The summed E-state index contributed by atoms with van der Waals surface area (Å²) in [5, 5.41) is 15.5. The van der Waals surface area contributed by atoms with E-state index in [4.69, 9.17) is 5.21 Å². The van der Waals surface area contributed by atoms with Gasteiger partial charge in [0, 0.05) is 12.2 Å². The Kier molecular flexibility index (Phi) is 8.42. The zero-order valence-corrected chi connectivity index (χ0v) is 16.8. The van der Waals surface area contributed by atoms with Crippen LogP contribution in [0.4, 0.5) is 10.1 Å². The molecule has 0 bridgehead atoms. The Morgan fingerprint density at radius 1 is 1.07 bits per heavy atom. The van der Waals surface area contributed by atoms with E-state index in [-0.39, 0.29) is 5.82 Å². The normalized spacial score (nSPS) is 11.9. The second-order valence-corrected chi connectivity index (χ2v) is 7.26. The molecule has 2 aromatic carbocycles. The van der Waals surface area contributed by atoms with Gasteiger partial charge in [-0.2, -0.15) is 0 Å². The Labute approximate surface area is 166 Å². The number of nitrogens with one attached hydrogen (secondary N) is 3. The smallest absolute Gasteiger partial charge is 0.265 e. The number of halogens is 1. The van der Waals surface area contributed by atoms with E-state index in [9.17, 15) is 9.18 Å². The number of benzene rings is 2. The number of hydrogen-bond donors (Lipinski definition) is 4. The Balaban J connectivity index is 1.79. The van der Waals surface area contributed by atoms with Gasteiger partial charge in [-0.25, -0.2) is 9.87 Å². The Hall–Kier alpha value is -2.44. The lowest BCUT2D eigenvalue weighted by molar-refractivity contribution is -0.130. The molecule has 5 nitrogen and oxygen atoms in total. The van der Waals surface area contributed by atoms with Crippen LogP contribution in [0.3, 0.4) is 0 Å². The minimum Gasteiger partial charge on any atom is -0.374 e. The molecule has 6 heteroatoms. The fourth-order valence-corrected chi connectivity index (χ4v) is 3.11. The second kappa shape index (κ2) is 10.8. The van der Waals surface area contributed by atoms with Crippen molar-refractivity contribution >= 4 is 11.6 Å². The van der Waals surface area contributed by atoms with Crippen LogP contribution < -0.4 is 16.1 Å². The molecule has 0 saturated heterocycles. The SMILES string of the molecule is Cc1ccc(CNCCCC[C@@H](Nc2cc(C)c(F)c(C)c2)C(=O)NO)cc1. The van der Waals surface area contributed by atoms with Gasteiger partial charge in [-0.3, -0.25) is 10.0 Å². The van der Waals surface area contributed by atoms with Crippen LogP contribution >= 0.6 is 0 Å². The average molecular weight is 387 g/mol. The summed E-state index contributed by atoms with van der Waals surface area (Å²) >= 11 is 0. The highest BCUT2D eigenvalue weighted by molar-refractivity contribution is 5.83. The largest absolute Gasteiger partial charge is 0.374 e. The number of rotatable bonds is 10. The van der Waals surface area contributed by atoms with Crippen molar-refractivity contribution in [1.29, 1.82) is 0 Å². The number of anilines is 1. The molecule has 0 aromatic heterocycles. The van der Waals surface area contributed by atoms with E-state index in [1.807, 2.05) is 0 Å². The Bertz CT molecular complexity index is 755. The summed E-state index contributed by atoms with van der Waals surface area (Å²) < 4.78 is 13.8. The number of hydroxylamine groups is 1. The summed E-state index contributed by atoms with van der Waals surface area (Å²) in [4.78, 5) is 12.0. The van der Waals surface area contributed by atoms with Crippen LogP contribution in [0.1, 0.15) is 41.5 Å². The third-order valence-corrected chi connectivity index (χ3v) is 4.75. The van der Waals surface area contributed by atoms with Gasteiger partial charge in [0.25, 0.3) is 5.91 Å². The van der Waals surface area contributed by atoms with Crippen molar-refractivity contribution in [3.05, 3.63) is 64.5 Å². The number of carbonyl (C=O) groups excluding carboxylic acids is 1. The average Bonchev–Trinajstić information content (AvgIpc) is 2.68. The highest BCUT2D eigenvalue weighted by Gasteiger charge is 2.18. The quantitative estimate of drug-likeness (QED) is 0.282. The summed E-state index contributed by atoms with van der Waals surface area (Å²) in [5.74, 6) is -0.736. The zero-order chi connectivity index (χ0) is 20.5. The summed E-state index contributed by atoms with van der Waals surface area (Å²) in [6, 6.07) is 11.2. The first-order valence-corrected chi connectivity index (χ1v) is 9.64. The van der Waals surface area contributed by atoms with E-state index in [0.717, 1.165) is 25.9 Å². The molecule has 0 saturated carbocycles. The fourth-order valence-electron chi connectivity index (χ4n) is 3.11. The monoisotopic (exact) mass is 387 g/mol. The van der Waals surface area contributed by atoms with Crippen molar-refractivity contribution in [2.45, 2.75) is 52.6 Å². The number of aryl methyl sites for hydroxylation is 3. The van der Waals surface area contributed by atoms with E-state index in [2.05, 4.69) is 41.8 Å². The first kappa shape index (κ1) is 21.9. The van der Waals surface area contributed by atoms with Gasteiger partial charge in [0.15, 0.2) is 0 Å². The van der Waals surface area contributed by atoms with Crippen LogP contribution in [0, 0.1) is 26.6 Å². The van der Waals surface area contributed by atoms with Crippen LogP contribution in [0.5, 0.6) is 0 Å². The van der Waals surface area contributed by atoms with Gasteiger partial charge in [0.2, 0.25) is 0 Å². The van der Waals surface area contributed by atoms with Gasteiger partial charge >= 0.3 is 0 Å². The molecular formula is C22H30FN3O2. The number of unbranched alkanes of at least 4 members (excludes halogenated alkanes) is 1. The van der Waals surface area contributed by atoms with Crippen LogP contribution in [-0.2, 0) is 11.3 Å². The second-order valence-electron chi connectivity index (χ2n) is 7.26. The van der Waals surface area contributed by atoms with Gasteiger partial charge in [-0.15, -0.1) is 0 Å². The molecule has 28 heavy (non-hydrogen) atoms. The van der Waals surface area contributed by atoms with Crippen LogP contribution in [0.15, 0.2) is 36.4 Å². The molecule has 0 aliphatic carbocycles. The predicted molar refractivity (Wildman–Crippen MR) is 110 cm³/mol. The zero-order valence-electron chi connectivity index (χ0n) is 16.8. The van der Waals surface area contributed by atoms with Crippen LogP contribution in [0.25, 0.3) is 0 Å². The summed E-state index contributed by atoms with van der Waals surface area (Å²) in [5.41, 5.74) is 5.91. The first-order chi connectivity index (χ1) is 13.4. The van der Waals surface area contributed by atoms with Gasteiger partial charge in [0.1, 0.15) is 11.9 Å². The third kappa shape index (κ3) is 6.62. The van der Waals surface area contributed by atoms with E-state index < -0.39 is 11.9 Å². The fraction of sp³-hybridized carbons (Fsp3) is 0.409. The van der Waals surface area contributed by atoms with E-state index in [1.165, 1.54) is 11.1 Å². The number of amides is 1. The Morgan fingerprint density at radius 2 is 1.71 bits per heavy atom. The minimum atomic E-state index is -0.577. The van der Waals surface area contributed by atoms with Crippen molar-refractivity contribution in [2.24, 2.45) is 0 Å². The molecule has 0 unspecified atom stereocenters. The van der Waals surface area contributed by atoms with Gasteiger partial charge in [0.05, 0.1) is 0 Å². The molecule has 0 radical (unpaired) electrons. The molecule has 2 rings (SSSR count). The maximum Gasteiger partial charge on any atom is 0.265 e. The molecule has 0 heterocycles. The molecule has 0 fully saturated rings. The lowest BCUT2D eigenvalue weighted by Crippen LogP contribution is -2.38. The van der Waals surface area contributed by atoms with Gasteiger partial charge in [-0.1, -0.05) is 29.8 Å². The molecule has 0 aliphatic rings. The van der Waals surface area contributed by atoms with Gasteiger partial charge < -0.3 is 10.6 Å². The molecule has 4 N–H and O–H groups in total. The number of carbonyl (C=O) groups is 1. The topological polar surface area (TPSA) is 73.4 Å². The molecule has 0 spiro atoms. The minimum absolute atomic E-state index is 0.242. The molecular weight excluding hydrogens is 357 g/mol. The van der Waals surface area contributed by atoms with E-state index in [1.54, 1.807) is 31.5 Å². The highest BCUT2D eigenvalue weighted by atomic mass is 19.1. The lowest BCUT2D eigenvalue weighted by Gasteiger charge is -2.19. The van der Waals surface area contributed by atoms with Crippen molar-refractivity contribution in [1.82, 2.24) is 10.8 Å². The summed E-state index contributed by atoms with van der Waals surface area (Å²) in [7, 11) is 0. The van der Waals surface area contributed by atoms with Gasteiger partial charge in [-0.05, 0) is 75.4 Å². The van der Waals surface area contributed by atoms with Crippen molar-refractivity contribution in [2.75, 3.05) is 11.9 Å². The van der Waals surface area contributed by atoms with Crippen LogP contribution in [-0.4, -0.2) is 23.7 Å². The highest BCUT2D eigenvalue weighted by Crippen LogP contribution is 2.20. The molecule has 1 amide bonds. The van der Waals surface area contributed by atoms with E-state index >= 15 is 0 Å². The molecule has 0 aliphatic heterocycles. The summed E-state index contributed by atoms with van der Waals surface area (Å²) in [6.07, 6.45) is 2.28. The van der Waals surface area contributed by atoms with Crippen molar-refractivity contribution < 1.29 is 14.4 Å². The third-order valence-electron chi connectivity index (χ3n) is 4.75. The maximum absolute atomic E-state index is 13.8. The molecule has 152 valence electrons. The number of hydrogen-bond acceptors (Lipinski definition) is 4. The van der Waals surface area contributed by atoms with Crippen molar-refractivity contribution in [3.63, 3.8) is 0 Å². The van der Waals surface area contributed by atoms with Crippen molar-refractivity contribution in [3.8, 4) is 0 Å². The molecule has 1 atom stereocenters. The first-order valence-electron chi connectivity index (χ1n) is 9.64. The lowest BCUT2D eigenvalue weighted by atomic mass is 10.1. The van der Waals surface area contributed by atoms with E-state index in [0.29, 0.717) is 23.2 Å².